The highest BCUT2D eigenvalue weighted by Gasteiger charge is 2.30. The third kappa shape index (κ3) is 6.35. The molecular formula is C27H29F3N4O3S. The Morgan fingerprint density at radius 3 is 2.68 bits per heavy atom. The molecule has 7 nitrogen and oxygen atoms in total. The first kappa shape index (κ1) is 26.6. The normalized spacial score (nSPS) is 18.2. The van der Waals surface area contributed by atoms with E-state index in [0.29, 0.717) is 30.2 Å². The predicted octanol–water partition coefficient (Wildman–Crippen LogP) is 5.22. The molecule has 2 unspecified atom stereocenters. The largest absolute Gasteiger partial charge is 0.491 e. The monoisotopic (exact) mass is 546 g/mol. The third-order valence-corrected chi connectivity index (χ3v) is 7.60. The van der Waals surface area contributed by atoms with E-state index >= 15 is 0 Å². The van der Waals surface area contributed by atoms with Crippen molar-refractivity contribution in [2.45, 2.75) is 38.7 Å². The Morgan fingerprint density at radius 2 is 1.95 bits per heavy atom. The number of aromatic nitrogens is 2. The van der Waals surface area contributed by atoms with Crippen LogP contribution < -0.4 is 4.74 Å². The molecule has 2 aromatic carbocycles. The Labute approximate surface area is 222 Å². The van der Waals surface area contributed by atoms with E-state index in [2.05, 4.69) is 26.9 Å². The number of β-amino-alcohol motifs (C(OH)–C–C–N with tert-alkyl or cyclic N) is 1. The lowest BCUT2D eigenvalue weighted by Crippen LogP contribution is -2.53. The second-order valence-corrected chi connectivity index (χ2v) is 10.9. The van der Waals surface area contributed by atoms with E-state index < -0.39 is 17.8 Å². The Kier molecular flexibility index (Phi) is 7.71. The highest BCUT2D eigenvalue weighted by Crippen LogP contribution is 2.31. The van der Waals surface area contributed by atoms with Gasteiger partial charge >= 0.3 is 6.18 Å². The molecule has 1 N–H and O–H groups in total. The van der Waals surface area contributed by atoms with Gasteiger partial charge in [-0.2, -0.15) is 13.2 Å². The molecule has 1 fully saturated rings. The van der Waals surface area contributed by atoms with Crippen molar-refractivity contribution in [3.8, 4) is 17.1 Å². The van der Waals surface area contributed by atoms with Gasteiger partial charge in [-0.3, -0.25) is 9.80 Å². The third-order valence-electron chi connectivity index (χ3n) is 6.65. The molecule has 1 aliphatic rings. The molecule has 2 aromatic heterocycles. The molecule has 1 aliphatic heterocycles. The number of halogens is 3. The zero-order chi connectivity index (χ0) is 26.9. The number of aryl methyl sites for hydroxylation is 1. The maximum absolute atomic E-state index is 12.8. The van der Waals surface area contributed by atoms with E-state index in [9.17, 15) is 18.3 Å². The SMILES string of the molecule is Cc1nc2cc(OCC(O)CN3CCN(Cc4cc(-c5ccc(C(F)(F)F)cc5)on4)C(C)C3)ccc2s1. The van der Waals surface area contributed by atoms with Gasteiger partial charge in [-0.1, -0.05) is 17.3 Å². The van der Waals surface area contributed by atoms with Crippen molar-refractivity contribution in [3.63, 3.8) is 0 Å². The topological polar surface area (TPSA) is 74.9 Å². The maximum Gasteiger partial charge on any atom is 0.416 e. The van der Waals surface area contributed by atoms with Gasteiger partial charge in [-0.15, -0.1) is 11.3 Å². The van der Waals surface area contributed by atoms with Gasteiger partial charge in [0.25, 0.3) is 0 Å². The lowest BCUT2D eigenvalue weighted by Gasteiger charge is -2.40. The highest BCUT2D eigenvalue weighted by molar-refractivity contribution is 7.18. The van der Waals surface area contributed by atoms with Crippen molar-refractivity contribution in [1.82, 2.24) is 19.9 Å². The van der Waals surface area contributed by atoms with Gasteiger partial charge in [-0.05, 0) is 38.1 Å². The number of aliphatic hydroxyl groups is 1. The molecule has 4 aromatic rings. The van der Waals surface area contributed by atoms with Gasteiger partial charge in [-0.25, -0.2) is 4.98 Å². The summed E-state index contributed by atoms with van der Waals surface area (Å²) in [6, 6.07) is 12.6. The summed E-state index contributed by atoms with van der Waals surface area (Å²) < 4.78 is 50.8. The quantitative estimate of drug-likeness (QED) is 0.325. The summed E-state index contributed by atoms with van der Waals surface area (Å²) in [5.74, 6) is 1.13. The number of benzene rings is 2. The number of rotatable bonds is 8. The number of thiazole rings is 1. The standard InChI is InChI=1S/C27H29F3N4O3S/c1-17-13-33(15-22(35)16-36-23-7-8-26-24(12-23)31-18(2)38-26)9-10-34(17)14-21-11-25(37-32-21)19-3-5-20(6-4-19)27(28,29)30/h3-8,11-12,17,22,35H,9-10,13-16H2,1-2H3. The molecule has 0 spiro atoms. The van der Waals surface area contributed by atoms with Gasteiger partial charge in [0.2, 0.25) is 0 Å². The minimum Gasteiger partial charge on any atom is -0.491 e. The first-order chi connectivity index (χ1) is 18.1. The molecule has 2 atom stereocenters. The average molecular weight is 547 g/mol. The minimum absolute atomic E-state index is 0.203. The van der Waals surface area contributed by atoms with Crippen LogP contribution in [0.4, 0.5) is 13.2 Å². The van der Waals surface area contributed by atoms with Crippen LogP contribution in [0, 0.1) is 6.92 Å². The Bertz CT molecular complexity index is 1370. The van der Waals surface area contributed by atoms with Crippen molar-refractivity contribution >= 4 is 21.6 Å². The smallest absolute Gasteiger partial charge is 0.416 e. The van der Waals surface area contributed by atoms with Crippen LogP contribution in [0.15, 0.2) is 53.1 Å². The summed E-state index contributed by atoms with van der Waals surface area (Å²) in [6.45, 7) is 7.74. The van der Waals surface area contributed by atoms with E-state index in [-0.39, 0.29) is 12.6 Å². The zero-order valence-corrected chi connectivity index (χ0v) is 21.9. The van der Waals surface area contributed by atoms with Crippen LogP contribution in [0.2, 0.25) is 0 Å². The number of piperazine rings is 1. The number of aliphatic hydroxyl groups excluding tert-OH is 1. The molecule has 38 heavy (non-hydrogen) atoms. The Hall–Kier alpha value is -2.99. The fourth-order valence-corrected chi connectivity index (χ4v) is 5.49. The minimum atomic E-state index is -4.37. The van der Waals surface area contributed by atoms with Crippen molar-refractivity contribution in [1.29, 1.82) is 0 Å². The molecule has 0 saturated carbocycles. The molecule has 11 heteroatoms. The van der Waals surface area contributed by atoms with E-state index in [1.807, 2.05) is 25.1 Å². The molecule has 5 rings (SSSR count). The van der Waals surface area contributed by atoms with E-state index in [1.165, 1.54) is 12.1 Å². The zero-order valence-electron chi connectivity index (χ0n) is 21.1. The first-order valence-electron chi connectivity index (χ1n) is 12.4. The van der Waals surface area contributed by atoms with E-state index in [1.54, 1.807) is 17.4 Å². The van der Waals surface area contributed by atoms with E-state index in [4.69, 9.17) is 9.26 Å². The fraction of sp³-hybridized carbons (Fsp3) is 0.407. The Balaban J connectivity index is 1.09. The molecule has 0 aliphatic carbocycles. The van der Waals surface area contributed by atoms with Gasteiger partial charge in [0, 0.05) is 56.5 Å². The van der Waals surface area contributed by atoms with Crippen LogP contribution in [0.25, 0.3) is 21.5 Å². The Morgan fingerprint density at radius 1 is 1.16 bits per heavy atom. The summed E-state index contributed by atoms with van der Waals surface area (Å²) in [5.41, 5.74) is 1.48. The first-order valence-corrected chi connectivity index (χ1v) is 13.2. The summed E-state index contributed by atoms with van der Waals surface area (Å²) in [5, 5.41) is 15.7. The lowest BCUT2D eigenvalue weighted by molar-refractivity contribution is -0.137. The number of hydrogen-bond acceptors (Lipinski definition) is 8. The van der Waals surface area contributed by atoms with Crippen LogP contribution in [0.5, 0.6) is 5.75 Å². The summed E-state index contributed by atoms with van der Waals surface area (Å²) in [4.78, 5) is 8.98. The summed E-state index contributed by atoms with van der Waals surface area (Å²) >= 11 is 1.64. The highest BCUT2D eigenvalue weighted by atomic mass is 32.1. The van der Waals surface area contributed by atoms with Crippen molar-refractivity contribution in [2.75, 3.05) is 32.8 Å². The van der Waals surface area contributed by atoms with Crippen LogP contribution in [0.1, 0.15) is 23.2 Å². The summed E-state index contributed by atoms with van der Waals surface area (Å²) in [6.07, 6.45) is -4.99. The number of nitrogens with zero attached hydrogens (tertiary/aromatic N) is 4. The molecule has 0 amide bonds. The van der Waals surface area contributed by atoms with Crippen molar-refractivity contribution in [2.24, 2.45) is 0 Å². The molecule has 3 heterocycles. The van der Waals surface area contributed by atoms with Gasteiger partial charge in [0.15, 0.2) is 5.76 Å². The van der Waals surface area contributed by atoms with Crippen LogP contribution in [-0.4, -0.2) is 70.0 Å². The van der Waals surface area contributed by atoms with Crippen LogP contribution >= 0.6 is 11.3 Å². The summed E-state index contributed by atoms with van der Waals surface area (Å²) in [7, 11) is 0. The van der Waals surface area contributed by atoms with Crippen molar-refractivity contribution < 1.29 is 27.5 Å². The van der Waals surface area contributed by atoms with Gasteiger partial charge < -0.3 is 14.4 Å². The fourth-order valence-electron chi connectivity index (χ4n) is 4.68. The predicted molar refractivity (Wildman–Crippen MR) is 139 cm³/mol. The van der Waals surface area contributed by atoms with Crippen LogP contribution in [0.3, 0.4) is 0 Å². The molecule has 0 radical (unpaired) electrons. The molecule has 202 valence electrons. The number of alkyl halides is 3. The molecule has 1 saturated heterocycles. The number of ether oxygens (including phenoxy) is 1. The second kappa shape index (κ2) is 11.0. The number of fused-ring (bicyclic) bond motifs is 1. The van der Waals surface area contributed by atoms with Crippen LogP contribution in [-0.2, 0) is 12.7 Å². The van der Waals surface area contributed by atoms with Crippen molar-refractivity contribution in [3.05, 3.63) is 64.8 Å². The second-order valence-electron chi connectivity index (χ2n) is 9.66. The molecule has 0 bridgehead atoms. The molecular weight excluding hydrogens is 517 g/mol. The van der Waals surface area contributed by atoms with Gasteiger partial charge in [0.05, 0.1) is 26.5 Å². The van der Waals surface area contributed by atoms with Gasteiger partial charge in [0.1, 0.15) is 18.5 Å². The van der Waals surface area contributed by atoms with E-state index in [0.717, 1.165) is 52.7 Å². The average Bonchev–Trinajstić information content (AvgIpc) is 3.49. The number of hydrogen-bond donors (Lipinski definition) is 1. The lowest BCUT2D eigenvalue weighted by atomic mass is 10.1. The maximum atomic E-state index is 12.8.